The van der Waals surface area contributed by atoms with Crippen LogP contribution in [-0.4, -0.2) is 42.9 Å². The Kier molecular flexibility index (Phi) is 21.5. The molecule has 0 heterocycles. The molecule has 0 aromatic heterocycles. The number of likely N-dealkylation sites (N-methyl/N-ethyl adjacent to an activating group) is 1. The maximum Gasteiger partial charge on any atom is 0.335 e. The number of amides is 1. The molecule has 0 spiro atoms. The highest BCUT2D eigenvalue weighted by Gasteiger charge is 2.08. The molecule has 1 aromatic carbocycles. The van der Waals surface area contributed by atoms with Gasteiger partial charge in [-0.3, -0.25) is 4.79 Å². The molecule has 0 bridgehead atoms. The van der Waals surface area contributed by atoms with Gasteiger partial charge in [0.1, 0.15) is 5.75 Å². The van der Waals surface area contributed by atoms with E-state index < -0.39 is 5.97 Å². The van der Waals surface area contributed by atoms with Crippen molar-refractivity contribution in [1.82, 2.24) is 5.32 Å². The first-order chi connectivity index (χ1) is 10.5. The number of hydrogen-bond donors (Lipinski definition) is 5. The zero-order chi connectivity index (χ0) is 18.1. The number of thiol groups is 2. The Hall–Kier alpha value is -0.900. The topological polar surface area (TPSA) is 95.9 Å². The second kappa shape index (κ2) is 18.1. The molecule has 0 atom stereocenters. The summed E-state index contributed by atoms with van der Waals surface area (Å²) in [4.78, 5) is 21.6. The molecule has 128 valence electrons. The Morgan fingerprint density at radius 2 is 1.77 bits per heavy atom. The van der Waals surface area contributed by atoms with E-state index in [1.807, 2.05) is 13.8 Å². The largest absolute Gasteiger partial charge is 0.483 e. The Morgan fingerprint density at radius 1 is 1.27 bits per heavy atom. The van der Waals surface area contributed by atoms with Crippen molar-refractivity contribution >= 4 is 51.1 Å². The average molecular weight is 416 g/mol. The van der Waals surface area contributed by atoms with Crippen molar-refractivity contribution < 1.29 is 24.5 Å². The molecule has 0 saturated heterocycles. The standard InChI is InChI=1S/C10H10BrNO4.C2H6.CH4O.H2S2/c1-12-9(13)5-16-8-3-2-6(10(14)15)4-7(8)11;3*1-2/h2-4H,5H2,1H3,(H,12,13)(H,14,15);1-2H3;2H,1H3;1-2H. The van der Waals surface area contributed by atoms with E-state index in [-0.39, 0.29) is 18.1 Å². The summed E-state index contributed by atoms with van der Waals surface area (Å²) in [6.45, 7) is 3.89. The van der Waals surface area contributed by atoms with Crippen molar-refractivity contribution in [3.8, 4) is 5.75 Å². The Morgan fingerprint density at radius 3 is 2.14 bits per heavy atom. The summed E-state index contributed by atoms with van der Waals surface area (Å²) >= 11 is 9.61. The van der Waals surface area contributed by atoms with E-state index in [2.05, 4.69) is 44.6 Å². The summed E-state index contributed by atoms with van der Waals surface area (Å²) in [5.74, 6) is -0.846. The molecule has 1 rings (SSSR count). The van der Waals surface area contributed by atoms with Gasteiger partial charge in [0.05, 0.1) is 10.0 Å². The SMILES string of the molecule is CC.CNC(=O)COc1ccc(C(=O)O)cc1Br.CO.SS. The van der Waals surface area contributed by atoms with Gasteiger partial charge in [-0.2, -0.15) is 0 Å². The van der Waals surface area contributed by atoms with Crippen LogP contribution in [0.1, 0.15) is 24.2 Å². The number of ether oxygens (including phenoxy) is 1. The van der Waals surface area contributed by atoms with Crippen molar-refractivity contribution in [2.45, 2.75) is 13.8 Å². The van der Waals surface area contributed by atoms with Crippen LogP contribution < -0.4 is 10.1 Å². The molecule has 0 saturated carbocycles. The number of benzene rings is 1. The van der Waals surface area contributed by atoms with Gasteiger partial charge in [-0.05, 0) is 34.1 Å². The number of aromatic carboxylic acids is 1. The van der Waals surface area contributed by atoms with E-state index in [0.29, 0.717) is 10.2 Å². The molecule has 0 aliphatic heterocycles. The summed E-state index contributed by atoms with van der Waals surface area (Å²) in [5, 5.41) is 18.1. The number of hydrogen-bond acceptors (Lipinski definition) is 6. The predicted octanol–water partition coefficient (Wildman–Crippen LogP) is 2.67. The number of carboxylic acids is 1. The van der Waals surface area contributed by atoms with E-state index in [0.717, 1.165) is 7.11 Å². The summed E-state index contributed by atoms with van der Waals surface area (Å²) in [6.07, 6.45) is 0. The molecule has 22 heavy (non-hydrogen) atoms. The Labute approximate surface area is 149 Å². The van der Waals surface area contributed by atoms with Crippen LogP contribution in [-0.2, 0) is 4.79 Å². The molecule has 0 fully saturated rings. The molecule has 0 aliphatic carbocycles. The van der Waals surface area contributed by atoms with E-state index in [1.54, 1.807) is 0 Å². The maximum absolute atomic E-state index is 10.9. The lowest BCUT2D eigenvalue weighted by Crippen LogP contribution is -2.24. The first kappa shape index (κ1) is 26.0. The van der Waals surface area contributed by atoms with E-state index in [9.17, 15) is 9.59 Å². The third kappa shape index (κ3) is 11.7. The zero-order valence-corrected chi connectivity index (χ0v) is 16.2. The number of aliphatic hydroxyl groups is 1. The smallest absolute Gasteiger partial charge is 0.335 e. The van der Waals surface area contributed by atoms with Crippen LogP contribution in [0.25, 0.3) is 0 Å². The maximum atomic E-state index is 10.9. The van der Waals surface area contributed by atoms with Crippen molar-refractivity contribution in [2.75, 3.05) is 20.8 Å². The molecule has 6 nitrogen and oxygen atoms in total. The fraction of sp³-hybridized carbons (Fsp3) is 0.385. The number of aliphatic hydroxyl groups excluding tert-OH is 1. The number of carbonyl (C=O) groups excluding carboxylic acids is 1. The van der Waals surface area contributed by atoms with Crippen molar-refractivity contribution in [3.63, 3.8) is 0 Å². The fourth-order valence-corrected chi connectivity index (χ4v) is 1.46. The molecule has 3 N–H and O–H groups in total. The Bertz CT molecular complexity index is 433. The van der Waals surface area contributed by atoms with Crippen LogP contribution in [0.4, 0.5) is 0 Å². The molecule has 0 unspecified atom stereocenters. The third-order valence-corrected chi connectivity index (χ3v) is 2.44. The summed E-state index contributed by atoms with van der Waals surface area (Å²) in [7, 11) is 2.51. The molecular formula is C13H22BrNO5S2. The van der Waals surface area contributed by atoms with Crippen LogP contribution >= 0.6 is 39.3 Å². The highest BCUT2D eigenvalue weighted by molar-refractivity contribution is 9.10. The van der Waals surface area contributed by atoms with Crippen molar-refractivity contribution in [1.29, 1.82) is 0 Å². The molecule has 1 aromatic rings. The van der Waals surface area contributed by atoms with Gasteiger partial charge in [-0.25, -0.2) is 4.79 Å². The van der Waals surface area contributed by atoms with Crippen LogP contribution in [0.5, 0.6) is 5.75 Å². The first-order valence-corrected chi connectivity index (χ1v) is 8.45. The minimum Gasteiger partial charge on any atom is -0.483 e. The average Bonchev–Trinajstić information content (AvgIpc) is 2.58. The lowest BCUT2D eigenvalue weighted by molar-refractivity contribution is -0.122. The third-order valence-electron chi connectivity index (χ3n) is 1.82. The van der Waals surface area contributed by atoms with Gasteiger partial charge in [0, 0.05) is 14.2 Å². The van der Waals surface area contributed by atoms with Gasteiger partial charge in [-0.15, -0.1) is 23.3 Å². The van der Waals surface area contributed by atoms with E-state index >= 15 is 0 Å². The van der Waals surface area contributed by atoms with E-state index in [1.165, 1.54) is 25.2 Å². The summed E-state index contributed by atoms with van der Waals surface area (Å²) in [6, 6.07) is 4.32. The monoisotopic (exact) mass is 415 g/mol. The minimum atomic E-state index is -1.02. The normalized spacial score (nSPS) is 7.82. The van der Waals surface area contributed by atoms with Gasteiger partial charge >= 0.3 is 5.97 Å². The summed E-state index contributed by atoms with van der Waals surface area (Å²) < 4.78 is 5.67. The number of rotatable bonds is 4. The fourth-order valence-electron chi connectivity index (χ4n) is 0.966. The highest BCUT2D eigenvalue weighted by atomic mass is 79.9. The number of carboxylic acid groups (broad SMARTS) is 1. The first-order valence-electron chi connectivity index (χ1n) is 6.05. The van der Waals surface area contributed by atoms with Gasteiger partial charge < -0.3 is 20.3 Å². The molecule has 9 heteroatoms. The summed E-state index contributed by atoms with van der Waals surface area (Å²) in [5.41, 5.74) is 0.152. The Balaban J connectivity index is -0.000000535. The van der Waals surface area contributed by atoms with Crippen LogP contribution in [0.2, 0.25) is 0 Å². The second-order valence-electron chi connectivity index (χ2n) is 2.91. The molecule has 0 radical (unpaired) electrons. The lowest BCUT2D eigenvalue weighted by atomic mass is 10.2. The lowest BCUT2D eigenvalue weighted by Gasteiger charge is -2.07. The number of halogens is 1. The van der Waals surface area contributed by atoms with Crippen molar-refractivity contribution in [2.24, 2.45) is 0 Å². The molecular weight excluding hydrogens is 394 g/mol. The molecule has 1 amide bonds. The second-order valence-corrected chi connectivity index (χ2v) is 3.77. The van der Waals surface area contributed by atoms with Gasteiger partial charge in [0.15, 0.2) is 6.61 Å². The van der Waals surface area contributed by atoms with Crippen LogP contribution in [0.15, 0.2) is 22.7 Å². The van der Waals surface area contributed by atoms with Crippen molar-refractivity contribution in [3.05, 3.63) is 28.2 Å². The quantitative estimate of drug-likeness (QED) is 0.384. The number of carbonyl (C=O) groups is 2. The van der Waals surface area contributed by atoms with E-state index in [4.69, 9.17) is 14.9 Å². The molecule has 0 aliphatic rings. The zero-order valence-electron chi connectivity index (χ0n) is 12.8. The van der Waals surface area contributed by atoms with Gasteiger partial charge in [0.2, 0.25) is 0 Å². The minimum absolute atomic E-state index is 0.110. The predicted molar refractivity (Wildman–Crippen MR) is 98.1 cm³/mol. The number of nitrogens with one attached hydrogen (secondary N) is 1. The van der Waals surface area contributed by atoms with Gasteiger partial charge in [-0.1, -0.05) is 13.8 Å². The van der Waals surface area contributed by atoms with Crippen LogP contribution in [0.3, 0.4) is 0 Å². The highest BCUT2D eigenvalue weighted by Crippen LogP contribution is 2.25. The van der Waals surface area contributed by atoms with Gasteiger partial charge in [0.25, 0.3) is 5.91 Å². The van der Waals surface area contributed by atoms with Crippen LogP contribution in [0, 0.1) is 0 Å².